The fourth-order valence-electron chi connectivity index (χ4n) is 2.61. The van der Waals surface area contributed by atoms with E-state index in [1.54, 1.807) is 20.8 Å². The lowest BCUT2D eigenvalue weighted by atomic mass is 10.1. The summed E-state index contributed by atoms with van der Waals surface area (Å²) < 4.78 is 23.3. The normalized spacial score (nSPS) is 11.7. The maximum absolute atomic E-state index is 13.2. The van der Waals surface area contributed by atoms with Crippen molar-refractivity contribution in [2.24, 2.45) is 0 Å². The van der Waals surface area contributed by atoms with E-state index in [-0.39, 0.29) is 17.9 Å². The zero-order valence-corrected chi connectivity index (χ0v) is 15.0. The number of Topliss-reactive ketones (excluding diaryl/α,β-unsaturated/α-hetero) is 1. The lowest BCUT2D eigenvalue weighted by Gasteiger charge is -2.12. The first-order chi connectivity index (χ1) is 12.3. The summed E-state index contributed by atoms with van der Waals surface area (Å²) in [5.41, 5.74) is 1.40. The van der Waals surface area contributed by atoms with Crippen LogP contribution in [0, 0.1) is 19.7 Å². The second kappa shape index (κ2) is 7.95. The number of esters is 2. The molecule has 0 saturated carbocycles. The van der Waals surface area contributed by atoms with Gasteiger partial charge in [-0.15, -0.1) is 0 Å². The molecule has 1 aromatic carbocycles. The highest BCUT2D eigenvalue weighted by Gasteiger charge is 2.27. The predicted molar refractivity (Wildman–Crippen MR) is 91.8 cm³/mol. The van der Waals surface area contributed by atoms with E-state index in [4.69, 9.17) is 9.47 Å². The number of nitrogens with one attached hydrogen (secondary N) is 1. The molecule has 1 N–H and O–H groups in total. The Morgan fingerprint density at radius 1 is 1.19 bits per heavy atom. The van der Waals surface area contributed by atoms with Crippen LogP contribution in [0.2, 0.25) is 0 Å². The van der Waals surface area contributed by atoms with E-state index < -0.39 is 29.6 Å². The Hall–Kier alpha value is -2.96. The Labute approximate surface area is 150 Å². The zero-order chi connectivity index (χ0) is 19.4. The molecule has 2 rings (SSSR count). The van der Waals surface area contributed by atoms with E-state index in [2.05, 4.69) is 4.98 Å². The number of ether oxygens (including phenoxy) is 2. The van der Waals surface area contributed by atoms with Gasteiger partial charge in [-0.1, -0.05) is 6.07 Å². The predicted octanol–water partition coefficient (Wildman–Crippen LogP) is 3.38. The highest BCUT2D eigenvalue weighted by atomic mass is 19.1. The number of benzene rings is 1. The van der Waals surface area contributed by atoms with Crippen LogP contribution in [0.25, 0.3) is 0 Å². The molecule has 6 nitrogen and oxygen atoms in total. The van der Waals surface area contributed by atoms with Crippen LogP contribution in [0.15, 0.2) is 24.3 Å². The molecule has 1 aromatic heterocycles. The molecule has 0 aliphatic heterocycles. The van der Waals surface area contributed by atoms with Crippen LogP contribution in [0.5, 0.6) is 0 Å². The number of hydrogen-bond donors (Lipinski definition) is 1. The molecule has 0 aliphatic carbocycles. The topological polar surface area (TPSA) is 85.5 Å². The van der Waals surface area contributed by atoms with E-state index in [0.717, 1.165) is 6.07 Å². The van der Waals surface area contributed by atoms with Crippen LogP contribution in [0.4, 0.5) is 4.39 Å². The van der Waals surface area contributed by atoms with Gasteiger partial charge in [-0.25, -0.2) is 14.0 Å². The third-order valence-electron chi connectivity index (χ3n) is 3.88. The van der Waals surface area contributed by atoms with Gasteiger partial charge in [-0.3, -0.25) is 4.79 Å². The lowest BCUT2D eigenvalue weighted by molar-refractivity contribution is 0.0316. The van der Waals surface area contributed by atoms with Crippen LogP contribution in [-0.4, -0.2) is 35.4 Å². The second-order valence-corrected chi connectivity index (χ2v) is 5.77. The average molecular weight is 361 g/mol. The maximum atomic E-state index is 13.2. The lowest BCUT2D eigenvalue weighted by Crippen LogP contribution is -2.25. The summed E-state index contributed by atoms with van der Waals surface area (Å²) in [6.07, 6.45) is -1.11. The first kappa shape index (κ1) is 19.4. The van der Waals surface area contributed by atoms with Gasteiger partial charge in [-0.05, 0) is 51.5 Å². The molecule has 0 amide bonds. The fourth-order valence-corrected chi connectivity index (χ4v) is 2.61. The van der Waals surface area contributed by atoms with Crippen molar-refractivity contribution in [2.45, 2.75) is 33.8 Å². The van der Waals surface area contributed by atoms with Gasteiger partial charge in [0.05, 0.1) is 23.4 Å². The molecule has 138 valence electrons. The Morgan fingerprint density at radius 2 is 1.88 bits per heavy atom. The quantitative estimate of drug-likeness (QED) is 0.630. The van der Waals surface area contributed by atoms with Gasteiger partial charge in [0, 0.05) is 5.69 Å². The highest BCUT2D eigenvalue weighted by molar-refractivity contribution is 6.04. The smallest absolute Gasteiger partial charge is 0.340 e. The van der Waals surface area contributed by atoms with Crippen molar-refractivity contribution in [1.82, 2.24) is 4.98 Å². The summed E-state index contributed by atoms with van der Waals surface area (Å²) in [4.78, 5) is 39.5. The van der Waals surface area contributed by atoms with Crippen molar-refractivity contribution in [3.8, 4) is 0 Å². The summed E-state index contributed by atoms with van der Waals surface area (Å²) in [6, 6.07) is 5.00. The van der Waals surface area contributed by atoms with Gasteiger partial charge in [0.2, 0.25) is 5.78 Å². The Balaban J connectivity index is 2.19. The van der Waals surface area contributed by atoms with Gasteiger partial charge in [0.15, 0.2) is 6.10 Å². The van der Waals surface area contributed by atoms with Crippen LogP contribution in [-0.2, 0) is 9.47 Å². The first-order valence-corrected chi connectivity index (χ1v) is 8.13. The standard InChI is InChI=1S/C19H20FNO5/c1-5-25-19(24)15-10(2)16(21-11(15)3)17(22)12(4)26-18(23)13-7-6-8-14(20)9-13/h6-9,12,21H,5H2,1-4H3/t12-/m0/s1. The number of aromatic nitrogens is 1. The van der Waals surface area contributed by atoms with E-state index >= 15 is 0 Å². The van der Waals surface area contributed by atoms with Gasteiger partial charge in [0.25, 0.3) is 0 Å². The molecule has 0 spiro atoms. The van der Waals surface area contributed by atoms with Crippen LogP contribution >= 0.6 is 0 Å². The highest BCUT2D eigenvalue weighted by Crippen LogP contribution is 2.21. The molecular formula is C19H20FNO5. The Morgan fingerprint density at radius 3 is 2.50 bits per heavy atom. The Bertz CT molecular complexity index is 856. The number of H-pyrrole nitrogens is 1. The number of aromatic amines is 1. The molecule has 2 aromatic rings. The number of rotatable bonds is 6. The number of aryl methyl sites for hydroxylation is 1. The minimum absolute atomic E-state index is 0.0104. The molecule has 1 heterocycles. The van der Waals surface area contributed by atoms with Gasteiger partial charge >= 0.3 is 11.9 Å². The van der Waals surface area contributed by atoms with Crippen molar-refractivity contribution in [1.29, 1.82) is 0 Å². The molecule has 0 saturated heterocycles. The molecule has 0 unspecified atom stereocenters. The molecule has 7 heteroatoms. The molecule has 0 aliphatic rings. The fraction of sp³-hybridized carbons (Fsp3) is 0.316. The first-order valence-electron chi connectivity index (χ1n) is 8.13. The minimum Gasteiger partial charge on any atom is -0.462 e. The number of carbonyl (C=O) groups is 3. The molecule has 0 radical (unpaired) electrons. The number of carbonyl (C=O) groups excluding carboxylic acids is 3. The third-order valence-corrected chi connectivity index (χ3v) is 3.88. The maximum Gasteiger partial charge on any atom is 0.340 e. The molecule has 0 bridgehead atoms. The largest absolute Gasteiger partial charge is 0.462 e. The van der Waals surface area contributed by atoms with Crippen molar-refractivity contribution in [2.75, 3.05) is 6.61 Å². The van der Waals surface area contributed by atoms with Crippen molar-refractivity contribution >= 4 is 17.7 Å². The molecule has 1 atom stereocenters. The molecular weight excluding hydrogens is 341 g/mol. The average Bonchev–Trinajstić information content (AvgIpc) is 2.88. The summed E-state index contributed by atoms with van der Waals surface area (Å²) in [7, 11) is 0. The summed E-state index contributed by atoms with van der Waals surface area (Å²) in [5, 5.41) is 0. The van der Waals surface area contributed by atoms with E-state index in [1.165, 1.54) is 25.1 Å². The van der Waals surface area contributed by atoms with Crippen LogP contribution in [0.3, 0.4) is 0 Å². The second-order valence-electron chi connectivity index (χ2n) is 5.77. The zero-order valence-electron chi connectivity index (χ0n) is 15.0. The van der Waals surface area contributed by atoms with Crippen molar-refractivity contribution in [3.63, 3.8) is 0 Å². The van der Waals surface area contributed by atoms with Gasteiger partial charge < -0.3 is 14.5 Å². The molecule has 26 heavy (non-hydrogen) atoms. The SMILES string of the molecule is CCOC(=O)c1c(C)[nH]c(C(=O)[C@H](C)OC(=O)c2cccc(F)c2)c1C. The van der Waals surface area contributed by atoms with Gasteiger partial charge in [-0.2, -0.15) is 0 Å². The summed E-state index contributed by atoms with van der Waals surface area (Å²) in [5.74, 6) is -2.40. The van der Waals surface area contributed by atoms with E-state index in [9.17, 15) is 18.8 Å². The van der Waals surface area contributed by atoms with Gasteiger partial charge in [0.1, 0.15) is 5.82 Å². The number of ketones is 1. The minimum atomic E-state index is -1.11. The van der Waals surface area contributed by atoms with Crippen molar-refractivity contribution < 1.29 is 28.2 Å². The third kappa shape index (κ3) is 3.99. The van der Waals surface area contributed by atoms with E-state index in [0.29, 0.717) is 16.8 Å². The van der Waals surface area contributed by atoms with E-state index in [1.807, 2.05) is 0 Å². The Kier molecular flexibility index (Phi) is 5.92. The van der Waals surface area contributed by atoms with Crippen LogP contribution in [0.1, 0.15) is 56.3 Å². The number of hydrogen-bond acceptors (Lipinski definition) is 5. The van der Waals surface area contributed by atoms with Crippen molar-refractivity contribution in [3.05, 3.63) is 58.2 Å². The van der Waals surface area contributed by atoms with Crippen LogP contribution < -0.4 is 0 Å². The number of halogens is 1. The summed E-state index contributed by atoms with van der Waals surface area (Å²) >= 11 is 0. The summed E-state index contributed by atoms with van der Waals surface area (Å²) in [6.45, 7) is 6.59. The monoisotopic (exact) mass is 361 g/mol. The molecule has 0 fully saturated rings.